The number of pyridine rings is 1. The van der Waals surface area contributed by atoms with Gasteiger partial charge in [0, 0.05) is 35.8 Å². The SMILES string of the molecule is O=C(C=CC1=Cc2cc(Cl)ccc2OC1)NCCc1nnc2ccccn12. The van der Waals surface area contributed by atoms with E-state index in [2.05, 4.69) is 15.5 Å². The molecule has 0 saturated carbocycles. The van der Waals surface area contributed by atoms with Gasteiger partial charge in [0.2, 0.25) is 5.91 Å². The Labute approximate surface area is 161 Å². The van der Waals surface area contributed by atoms with E-state index in [4.69, 9.17) is 16.3 Å². The van der Waals surface area contributed by atoms with Gasteiger partial charge in [-0.2, -0.15) is 0 Å². The van der Waals surface area contributed by atoms with E-state index in [1.807, 2.05) is 47.0 Å². The number of carbonyl (C=O) groups is 1. The van der Waals surface area contributed by atoms with E-state index in [1.165, 1.54) is 6.08 Å². The maximum atomic E-state index is 12.0. The second-order valence-corrected chi connectivity index (χ2v) is 6.55. The first-order chi connectivity index (χ1) is 13.2. The summed E-state index contributed by atoms with van der Waals surface area (Å²) in [7, 11) is 0. The Balaban J connectivity index is 1.33. The monoisotopic (exact) mass is 380 g/mol. The summed E-state index contributed by atoms with van der Waals surface area (Å²) < 4.78 is 7.58. The van der Waals surface area contributed by atoms with Gasteiger partial charge in [-0.15, -0.1) is 10.2 Å². The molecule has 1 amide bonds. The van der Waals surface area contributed by atoms with Crippen LogP contribution >= 0.6 is 11.6 Å². The molecule has 7 heteroatoms. The molecule has 1 aromatic carbocycles. The third-order valence-corrected chi connectivity index (χ3v) is 4.42. The molecular weight excluding hydrogens is 364 g/mol. The third-order valence-electron chi connectivity index (χ3n) is 4.19. The molecule has 1 aliphatic rings. The fraction of sp³-hybridized carbons (Fsp3) is 0.150. The number of hydrogen-bond donors (Lipinski definition) is 1. The normalized spacial score (nSPS) is 13.3. The van der Waals surface area contributed by atoms with E-state index in [9.17, 15) is 4.79 Å². The molecule has 0 bridgehead atoms. The summed E-state index contributed by atoms with van der Waals surface area (Å²) in [5.74, 6) is 1.44. The Hall–Kier alpha value is -3.12. The molecule has 1 aliphatic heterocycles. The Bertz CT molecular complexity index is 1060. The zero-order valence-corrected chi connectivity index (χ0v) is 15.2. The number of benzene rings is 1. The Kier molecular flexibility index (Phi) is 4.89. The largest absolute Gasteiger partial charge is 0.488 e. The van der Waals surface area contributed by atoms with E-state index in [1.54, 1.807) is 12.1 Å². The highest BCUT2D eigenvalue weighted by Gasteiger charge is 2.10. The number of ether oxygens (including phenoxy) is 1. The van der Waals surface area contributed by atoms with Crippen molar-refractivity contribution >= 4 is 29.2 Å². The molecule has 136 valence electrons. The van der Waals surface area contributed by atoms with Gasteiger partial charge in [-0.1, -0.05) is 23.7 Å². The number of amides is 1. The fourth-order valence-electron chi connectivity index (χ4n) is 2.86. The average molecular weight is 381 g/mol. The van der Waals surface area contributed by atoms with Crippen LogP contribution in [0.1, 0.15) is 11.4 Å². The minimum absolute atomic E-state index is 0.165. The molecule has 3 heterocycles. The number of carbonyl (C=O) groups excluding carboxylic acids is 1. The van der Waals surface area contributed by atoms with Crippen molar-refractivity contribution in [1.82, 2.24) is 19.9 Å². The smallest absolute Gasteiger partial charge is 0.244 e. The van der Waals surface area contributed by atoms with Gasteiger partial charge in [-0.05, 0) is 42.0 Å². The Morgan fingerprint density at radius 1 is 1.30 bits per heavy atom. The maximum absolute atomic E-state index is 12.0. The number of halogens is 1. The highest BCUT2D eigenvalue weighted by atomic mass is 35.5. The predicted molar refractivity (Wildman–Crippen MR) is 104 cm³/mol. The lowest BCUT2D eigenvalue weighted by Gasteiger charge is -2.16. The van der Waals surface area contributed by atoms with Crippen LogP contribution in [-0.2, 0) is 11.2 Å². The van der Waals surface area contributed by atoms with Crippen LogP contribution in [0.2, 0.25) is 5.02 Å². The van der Waals surface area contributed by atoms with Gasteiger partial charge in [0.15, 0.2) is 5.65 Å². The van der Waals surface area contributed by atoms with Crippen LogP contribution in [0.5, 0.6) is 5.75 Å². The van der Waals surface area contributed by atoms with E-state index < -0.39 is 0 Å². The van der Waals surface area contributed by atoms with Crippen LogP contribution in [0.25, 0.3) is 11.7 Å². The van der Waals surface area contributed by atoms with Crippen molar-refractivity contribution in [3.8, 4) is 5.75 Å². The summed E-state index contributed by atoms with van der Waals surface area (Å²) in [5, 5.41) is 11.7. The maximum Gasteiger partial charge on any atom is 0.244 e. The summed E-state index contributed by atoms with van der Waals surface area (Å²) in [6.07, 6.45) is 7.74. The van der Waals surface area contributed by atoms with Gasteiger partial charge in [-0.3, -0.25) is 9.20 Å². The summed E-state index contributed by atoms with van der Waals surface area (Å²) in [4.78, 5) is 12.0. The number of fused-ring (bicyclic) bond motifs is 2. The highest BCUT2D eigenvalue weighted by molar-refractivity contribution is 6.30. The van der Waals surface area contributed by atoms with E-state index in [0.29, 0.717) is 24.6 Å². The first-order valence-corrected chi connectivity index (χ1v) is 8.94. The van der Waals surface area contributed by atoms with Crippen LogP contribution in [-0.4, -0.2) is 33.7 Å². The molecule has 27 heavy (non-hydrogen) atoms. The summed E-state index contributed by atoms with van der Waals surface area (Å²) in [6.45, 7) is 0.900. The molecule has 6 nitrogen and oxygen atoms in total. The predicted octanol–water partition coefficient (Wildman–Crippen LogP) is 3.07. The lowest BCUT2D eigenvalue weighted by atomic mass is 10.1. The van der Waals surface area contributed by atoms with Crippen molar-refractivity contribution in [2.24, 2.45) is 0 Å². The van der Waals surface area contributed by atoms with Gasteiger partial charge in [0.05, 0.1) is 0 Å². The second kappa shape index (κ2) is 7.63. The van der Waals surface area contributed by atoms with Gasteiger partial charge >= 0.3 is 0 Å². The summed E-state index contributed by atoms with van der Waals surface area (Å²) in [6, 6.07) is 11.2. The molecule has 0 unspecified atom stereocenters. The zero-order valence-electron chi connectivity index (χ0n) is 14.4. The lowest BCUT2D eigenvalue weighted by Crippen LogP contribution is -2.24. The Morgan fingerprint density at radius 2 is 2.22 bits per heavy atom. The number of hydrogen-bond acceptors (Lipinski definition) is 4. The minimum Gasteiger partial charge on any atom is -0.488 e. The van der Waals surface area contributed by atoms with Crippen molar-refractivity contribution in [3.63, 3.8) is 0 Å². The molecule has 1 N–H and O–H groups in total. The molecule has 0 spiro atoms. The van der Waals surface area contributed by atoms with Gasteiger partial charge in [0.25, 0.3) is 0 Å². The zero-order chi connectivity index (χ0) is 18.6. The molecule has 0 atom stereocenters. The topological polar surface area (TPSA) is 68.5 Å². The molecule has 0 aliphatic carbocycles. The summed E-state index contributed by atoms with van der Waals surface area (Å²) >= 11 is 6.01. The van der Waals surface area contributed by atoms with Crippen LogP contribution < -0.4 is 10.1 Å². The quantitative estimate of drug-likeness (QED) is 0.691. The standard InChI is InChI=1S/C20H17ClN4O2/c21-16-5-6-17-15(12-16)11-14(13-27-17)4-7-20(26)22-9-8-19-24-23-18-3-1-2-10-25(18)19/h1-7,10-12H,8-9,13H2,(H,22,26). The van der Waals surface area contributed by atoms with Crippen LogP contribution in [0.4, 0.5) is 0 Å². The fourth-order valence-corrected chi connectivity index (χ4v) is 3.04. The van der Waals surface area contributed by atoms with E-state index >= 15 is 0 Å². The van der Waals surface area contributed by atoms with Gasteiger partial charge in [-0.25, -0.2) is 0 Å². The first-order valence-electron chi connectivity index (χ1n) is 8.56. The minimum atomic E-state index is -0.165. The molecule has 0 radical (unpaired) electrons. The summed E-state index contributed by atoms with van der Waals surface area (Å²) in [5.41, 5.74) is 2.61. The van der Waals surface area contributed by atoms with Crippen molar-refractivity contribution in [1.29, 1.82) is 0 Å². The Morgan fingerprint density at radius 3 is 3.15 bits per heavy atom. The number of rotatable bonds is 5. The molecular formula is C20H17ClN4O2. The molecule has 0 fully saturated rings. The van der Waals surface area contributed by atoms with E-state index in [0.717, 1.165) is 28.4 Å². The van der Waals surface area contributed by atoms with Gasteiger partial charge < -0.3 is 10.1 Å². The molecule has 3 aromatic rings. The van der Waals surface area contributed by atoms with Crippen LogP contribution in [0, 0.1) is 0 Å². The lowest BCUT2D eigenvalue weighted by molar-refractivity contribution is -0.116. The van der Waals surface area contributed by atoms with Crippen molar-refractivity contribution in [2.75, 3.05) is 13.2 Å². The van der Waals surface area contributed by atoms with Crippen molar-refractivity contribution in [2.45, 2.75) is 6.42 Å². The number of aromatic nitrogens is 3. The highest BCUT2D eigenvalue weighted by Crippen LogP contribution is 2.29. The van der Waals surface area contributed by atoms with Crippen molar-refractivity contribution < 1.29 is 9.53 Å². The average Bonchev–Trinajstić information content (AvgIpc) is 3.09. The number of nitrogens with zero attached hydrogens (tertiary/aromatic N) is 3. The first kappa shape index (κ1) is 17.3. The van der Waals surface area contributed by atoms with E-state index in [-0.39, 0.29) is 5.91 Å². The second-order valence-electron chi connectivity index (χ2n) is 6.11. The molecule has 4 rings (SSSR count). The third kappa shape index (κ3) is 4.01. The van der Waals surface area contributed by atoms with Gasteiger partial charge in [0.1, 0.15) is 18.2 Å². The molecule has 2 aromatic heterocycles. The molecule has 0 saturated heterocycles. The van der Waals surface area contributed by atoms with Crippen LogP contribution in [0.15, 0.2) is 60.3 Å². The number of nitrogens with one attached hydrogen (secondary N) is 1. The van der Waals surface area contributed by atoms with Crippen molar-refractivity contribution in [3.05, 3.63) is 76.7 Å². The van der Waals surface area contributed by atoms with Crippen LogP contribution in [0.3, 0.4) is 0 Å².